The van der Waals surface area contributed by atoms with Crippen LogP contribution in [0.3, 0.4) is 0 Å². The molecule has 0 fully saturated rings. The van der Waals surface area contributed by atoms with Crippen molar-refractivity contribution in [3.8, 4) is 0 Å². The second-order valence-corrected chi connectivity index (χ2v) is 4.93. The minimum absolute atomic E-state index is 0.531. The molecule has 0 aliphatic heterocycles. The molecule has 0 radical (unpaired) electrons. The molecule has 1 unspecified atom stereocenters. The molecule has 18 heavy (non-hydrogen) atoms. The second kappa shape index (κ2) is 4.36. The summed E-state index contributed by atoms with van der Waals surface area (Å²) >= 11 is 1.60. The molecule has 0 amide bonds. The first-order chi connectivity index (χ1) is 8.75. The van der Waals surface area contributed by atoms with Crippen molar-refractivity contribution < 1.29 is 5.11 Å². The number of anilines is 1. The van der Waals surface area contributed by atoms with Gasteiger partial charge in [0.1, 0.15) is 6.10 Å². The highest BCUT2D eigenvalue weighted by atomic mass is 32.1. The van der Waals surface area contributed by atoms with E-state index in [9.17, 15) is 5.11 Å². The van der Waals surface area contributed by atoms with Gasteiger partial charge >= 0.3 is 0 Å². The van der Waals surface area contributed by atoms with Gasteiger partial charge in [0.05, 0.1) is 10.2 Å². The van der Waals surface area contributed by atoms with Crippen LogP contribution in [0.4, 0.5) is 5.69 Å². The van der Waals surface area contributed by atoms with E-state index in [1.54, 1.807) is 36.0 Å². The lowest BCUT2D eigenvalue weighted by molar-refractivity contribution is 0.220. The fraction of sp³-hybridized carbons (Fsp3) is 0.0769. The summed E-state index contributed by atoms with van der Waals surface area (Å²) in [6, 6.07) is 5.56. The molecule has 4 nitrogen and oxygen atoms in total. The molecule has 3 N–H and O–H groups in total. The SMILES string of the molecule is Nc1ccncc1C(O)c1cnc2ccsc2c1. The molecule has 3 aromatic rings. The lowest BCUT2D eigenvalue weighted by atomic mass is 10.0. The van der Waals surface area contributed by atoms with Crippen molar-refractivity contribution in [3.63, 3.8) is 0 Å². The Morgan fingerprint density at radius 2 is 2.17 bits per heavy atom. The van der Waals surface area contributed by atoms with Crippen LogP contribution in [0.1, 0.15) is 17.2 Å². The highest BCUT2D eigenvalue weighted by Gasteiger charge is 2.14. The normalized spacial score (nSPS) is 12.7. The first kappa shape index (κ1) is 11.1. The predicted molar refractivity (Wildman–Crippen MR) is 72.3 cm³/mol. The molecule has 3 heterocycles. The maximum absolute atomic E-state index is 10.3. The number of nitrogens with two attached hydrogens (primary N) is 1. The van der Waals surface area contributed by atoms with Crippen molar-refractivity contribution in [2.45, 2.75) is 6.10 Å². The number of fused-ring (bicyclic) bond motifs is 1. The van der Waals surface area contributed by atoms with Gasteiger partial charge in [0.15, 0.2) is 0 Å². The molecular weight excluding hydrogens is 246 g/mol. The molecule has 0 bridgehead atoms. The Kier molecular flexibility index (Phi) is 2.70. The van der Waals surface area contributed by atoms with E-state index in [0.29, 0.717) is 11.3 Å². The predicted octanol–water partition coefficient (Wildman–Crippen LogP) is 2.36. The minimum Gasteiger partial charge on any atom is -0.398 e. The van der Waals surface area contributed by atoms with E-state index >= 15 is 0 Å². The highest BCUT2D eigenvalue weighted by molar-refractivity contribution is 7.17. The molecular formula is C13H11N3OS. The topological polar surface area (TPSA) is 72.0 Å². The number of nitrogen functional groups attached to an aromatic ring is 1. The summed E-state index contributed by atoms with van der Waals surface area (Å²) in [6.07, 6.45) is 4.06. The average molecular weight is 257 g/mol. The Hall–Kier alpha value is -1.98. The largest absolute Gasteiger partial charge is 0.398 e. The summed E-state index contributed by atoms with van der Waals surface area (Å²) in [5.74, 6) is 0. The number of aliphatic hydroxyl groups excluding tert-OH is 1. The third-order valence-corrected chi connectivity index (χ3v) is 3.67. The van der Waals surface area contributed by atoms with Crippen LogP contribution in [0.25, 0.3) is 10.2 Å². The zero-order valence-corrected chi connectivity index (χ0v) is 10.3. The van der Waals surface area contributed by atoms with Gasteiger partial charge < -0.3 is 10.8 Å². The Bertz CT molecular complexity index is 695. The Morgan fingerprint density at radius 3 is 3.00 bits per heavy atom. The van der Waals surface area contributed by atoms with Gasteiger partial charge in [-0.15, -0.1) is 11.3 Å². The maximum Gasteiger partial charge on any atom is 0.109 e. The number of aromatic nitrogens is 2. The first-order valence-electron chi connectivity index (χ1n) is 5.46. The molecule has 0 spiro atoms. The van der Waals surface area contributed by atoms with Crippen LogP contribution in [-0.4, -0.2) is 15.1 Å². The zero-order chi connectivity index (χ0) is 12.5. The van der Waals surface area contributed by atoms with Gasteiger partial charge in [-0.3, -0.25) is 9.97 Å². The Balaban J connectivity index is 2.06. The molecule has 0 aliphatic rings. The summed E-state index contributed by atoms with van der Waals surface area (Å²) in [5, 5.41) is 12.3. The van der Waals surface area contributed by atoms with Crippen molar-refractivity contribution in [2.24, 2.45) is 0 Å². The summed E-state index contributed by atoms with van der Waals surface area (Å²) in [6.45, 7) is 0. The van der Waals surface area contributed by atoms with E-state index in [0.717, 1.165) is 15.8 Å². The molecule has 0 aromatic carbocycles. The van der Waals surface area contributed by atoms with Crippen molar-refractivity contribution in [3.05, 3.63) is 53.3 Å². The third-order valence-electron chi connectivity index (χ3n) is 2.82. The fourth-order valence-corrected chi connectivity index (χ4v) is 2.63. The van der Waals surface area contributed by atoms with Gasteiger partial charge in [0.25, 0.3) is 0 Å². The van der Waals surface area contributed by atoms with Crippen molar-refractivity contribution in [1.82, 2.24) is 9.97 Å². The quantitative estimate of drug-likeness (QED) is 0.739. The van der Waals surface area contributed by atoms with Crippen LogP contribution in [0, 0.1) is 0 Å². The number of hydrogen-bond acceptors (Lipinski definition) is 5. The standard InChI is InChI=1S/C13H11N3OS/c14-10-1-3-15-7-9(10)13(17)8-5-12-11(16-6-8)2-4-18-12/h1-7,13,17H,(H2,14,15). The van der Waals surface area contributed by atoms with E-state index in [1.165, 1.54) is 0 Å². The molecule has 0 aliphatic carbocycles. The van der Waals surface area contributed by atoms with Crippen molar-refractivity contribution in [2.75, 3.05) is 5.73 Å². The van der Waals surface area contributed by atoms with E-state index < -0.39 is 6.10 Å². The zero-order valence-electron chi connectivity index (χ0n) is 9.45. The number of aliphatic hydroxyl groups is 1. The number of nitrogens with zero attached hydrogens (tertiary/aromatic N) is 2. The van der Waals surface area contributed by atoms with Crippen LogP contribution in [0.2, 0.25) is 0 Å². The Morgan fingerprint density at radius 1 is 1.28 bits per heavy atom. The molecule has 5 heteroatoms. The lowest BCUT2D eigenvalue weighted by Crippen LogP contribution is -2.04. The molecule has 3 aromatic heterocycles. The first-order valence-corrected chi connectivity index (χ1v) is 6.34. The fourth-order valence-electron chi connectivity index (χ4n) is 1.84. The van der Waals surface area contributed by atoms with Crippen LogP contribution in [0.5, 0.6) is 0 Å². The summed E-state index contributed by atoms with van der Waals surface area (Å²) in [7, 11) is 0. The third kappa shape index (κ3) is 1.83. The second-order valence-electron chi connectivity index (χ2n) is 3.98. The van der Waals surface area contributed by atoms with Crippen molar-refractivity contribution >= 4 is 27.2 Å². The smallest absolute Gasteiger partial charge is 0.109 e. The molecule has 1 atom stereocenters. The van der Waals surface area contributed by atoms with E-state index in [4.69, 9.17) is 5.73 Å². The van der Waals surface area contributed by atoms with E-state index in [-0.39, 0.29) is 0 Å². The monoisotopic (exact) mass is 257 g/mol. The van der Waals surface area contributed by atoms with Gasteiger partial charge in [-0.2, -0.15) is 0 Å². The van der Waals surface area contributed by atoms with Crippen LogP contribution in [0.15, 0.2) is 42.2 Å². The van der Waals surface area contributed by atoms with Gasteiger partial charge in [-0.05, 0) is 23.6 Å². The van der Waals surface area contributed by atoms with Crippen LogP contribution >= 0.6 is 11.3 Å². The van der Waals surface area contributed by atoms with Gasteiger partial charge in [0, 0.05) is 35.4 Å². The van der Waals surface area contributed by atoms with E-state index in [2.05, 4.69) is 9.97 Å². The molecule has 90 valence electrons. The molecule has 0 saturated heterocycles. The van der Waals surface area contributed by atoms with Gasteiger partial charge in [-0.1, -0.05) is 0 Å². The summed E-state index contributed by atoms with van der Waals surface area (Å²) < 4.78 is 1.05. The minimum atomic E-state index is -0.794. The van der Waals surface area contributed by atoms with Crippen molar-refractivity contribution in [1.29, 1.82) is 0 Å². The number of hydrogen-bond donors (Lipinski definition) is 2. The van der Waals surface area contributed by atoms with Gasteiger partial charge in [0.2, 0.25) is 0 Å². The number of thiophene rings is 1. The van der Waals surface area contributed by atoms with Crippen LogP contribution in [-0.2, 0) is 0 Å². The van der Waals surface area contributed by atoms with E-state index in [1.807, 2.05) is 17.5 Å². The lowest BCUT2D eigenvalue weighted by Gasteiger charge is -2.12. The van der Waals surface area contributed by atoms with Crippen LogP contribution < -0.4 is 5.73 Å². The molecule has 0 saturated carbocycles. The average Bonchev–Trinajstić information content (AvgIpc) is 2.85. The molecule has 3 rings (SSSR count). The summed E-state index contributed by atoms with van der Waals surface area (Å²) in [4.78, 5) is 8.29. The highest BCUT2D eigenvalue weighted by Crippen LogP contribution is 2.28. The van der Waals surface area contributed by atoms with Gasteiger partial charge in [-0.25, -0.2) is 0 Å². The number of rotatable bonds is 2. The summed E-state index contributed by atoms with van der Waals surface area (Å²) in [5.41, 5.74) is 8.64. The number of pyridine rings is 2. The maximum atomic E-state index is 10.3. The Labute approximate surface area is 108 Å².